The van der Waals surface area contributed by atoms with Crippen molar-refractivity contribution in [1.29, 1.82) is 5.26 Å². The second-order valence-electron chi connectivity index (χ2n) is 7.68. The second kappa shape index (κ2) is 13.8. The predicted molar refractivity (Wildman–Crippen MR) is 147 cm³/mol. The Balaban J connectivity index is 1.61. The monoisotopic (exact) mass is 634 g/mol. The molecule has 0 saturated heterocycles. The van der Waals surface area contributed by atoms with E-state index in [2.05, 4.69) is 38.1 Å². The highest BCUT2D eigenvalue weighted by atomic mass is 127. The molecule has 9 nitrogen and oxygen atoms in total. The summed E-state index contributed by atoms with van der Waals surface area (Å²) in [7, 11) is 3.08. The number of ether oxygens (including phenoxy) is 4. The molecule has 0 spiro atoms. The molecule has 192 valence electrons. The molecule has 0 aliphatic carbocycles. The van der Waals surface area contributed by atoms with Gasteiger partial charge in [0.1, 0.15) is 18.2 Å². The molecular weight excluding hydrogens is 611 g/mol. The van der Waals surface area contributed by atoms with Gasteiger partial charge in [-0.15, -0.1) is 0 Å². The number of hydrazone groups is 1. The molecule has 0 bridgehead atoms. The van der Waals surface area contributed by atoms with Gasteiger partial charge in [0.25, 0.3) is 5.91 Å². The lowest BCUT2D eigenvalue weighted by molar-refractivity contribution is -0.123. The van der Waals surface area contributed by atoms with Gasteiger partial charge in [0.2, 0.25) is 5.88 Å². The zero-order valence-electron chi connectivity index (χ0n) is 20.4. The lowest BCUT2D eigenvalue weighted by Gasteiger charge is -2.13. The van der Waals surface area contributed by atoms with E-state index in [1.165, 1.54) is 13.3 Å². The van der Waals surface area contributed by atoms with Crippen LogP contribution in [0.25, 0.3) is 0 Å². The number of pyridine rings is 1. The molecule has 0 unspecified atom stereocenters. The van der Waals surface area contributed by atoms with E-state index in [1.807, 2.05) is 24.3 Å². The van der Waals surface area contributed by atoms with Gasteiger partial charge in [-0.25, -0.2) is 10.4 Å². The number of methoxy groups -OCH3 is 2. The Labute approximate surface area is 233 Å². The van der Waals surface area contributed by atoms with Crippen molar-refractivity contribution in [2.75, 3.05) is 20.8 Å². The maximum absolute atomic E-state index is 12.2. The minimum Gasteiger partial charge on any atom is -0.493 e. The summed E-state index contributed by atoms with van der Waals surface area (Å²) >= 11 is 8.08. The third-order valence-corrected chi connectivity index (χ3v) is 5.95. The largest absolute Gasteiger partial charge is 0.493 e. The van der Waals surface area contributed by atoms with Crippen molar-refractivity contribution < 1.29 is 23.7 Å². The van der Waals surface area contributed by atoms with Crippen LogP contribution in [0.2, 0.25) is 5.02 Å². The Morgan fingerprint density at radius 1 is 1.19 bits per heavy atom. The van der Waals surface area contributed by atoms with E-state index in [9.17, 15) is 10.1 Å². The number of amides is 1. The van der Waals surface area contributed by atoms with Crippen molar-refractivity contribution in [3.63, 3.8) is 0 Å². The number of nitrogens with one attached hydrogen (secondary N) is 1. The Morgan fingerprint density at radius 2 is 1.95 bits per heavy atom. The number of halogens is 2. The molecule has 2 aromatic carbocycles. The molecule has 1 N–H and O–H groups in total. The molecule has 0 radical (unpaired) electrons. The van der Waals surface area contributed by atoms with Crippen LogP contribution in [0.4, 0.5) is 0 Å². The number of benzene rings is 2. The number of carbonyl (C=O) groups is 1. The zero-order valence-corrected chi connectivity index (χ0v) is 23.3. The molecule has 0 aliphatic rings. The highest BCUT2D eigenvalue weighted by Gasteiger charge is 2.15. The molecule has 37 heavy (non-hydrogen) atoms. The van der Waals surface area contributed by atoms with Crippen LogP contribution in [0.15, 0.2) is 47.6 Å². The third-order valence-electron chi connectivity index (χ3n) is 4.90. The van der Waals surface area contributed by atoms with Crippen molar-refractivity contribution in [3.05, 3.63) is 79.0 Å². The average molecular weight is 635 g/mol. The van der Waals surface area contributed by atoms with Gasteiger partial charge in [0.15, 0.2) is 18.1 Å². The molecule has 1 aromatic heterocycles. The number of aromatic nitrogens is 1. The minimum atomic E-state index is -0.513. The highest BCUT2D eigenvalue weighted by Crippen LogP contribution is 2.34. The number of carbonyl (C=O) groups excluding carboxylic acids is 1. The van der Waals surface area contributed by atoms with Crippen molar-refractivity contribution in [1.82, 2.24) is 10.4 Å². The second-order valence-corrected chi connectivity index (χ2v) is 9.28. The maximum Gasteiger partial charge on any atom is 0.278 e. The predicted octanol–water partition coefficient (Wildman–Crippen LogP) is 4.78. The first-order valence-corrected chi connectivity index (χ1v) is 12.4. The van der Waals surface area contributed by atoms with Crippen LogP contribution in [-0.4, -0.2) is 37.9 Å². The minimum absolute atomic E-state index is 0.0714. The Bertz CT molecular complexity index is 1330. The van der Waals surface area contributed by atoms with Crippen LogP contribution in [-0.2, 0) is 22.7 Å². The van der Waals surface area contributed by atoms with Gasteiger partial charge in [0, 0.05) is 23.4 Å². The standard InChI is InChI=1S/C26H24ClIN4O5/c1-16-8-19(14-34-2)21(11-29)26(31-16)37-15-24(33)32-30-12-18-9-22(28)25(23(10-18)35-3)36-13-17-4-6-20(27)7-5-17/h4-10,12H,13-15H2,1-3H3,(H,32,33)/b30-12-. The summed E-state index contributed by atoms with van der Waals surface area (Å²) in [6.45, 7) is 1.98. The first-order chi connectivity index (χ1) is 17.8. The van der Waals surface area contributed by atoms with E-state index in [0.29, 0.717) is 39.9 Å². The van der Waals surface area contributed by atoms with Crippen LogP contribution in [0, 0.1) is 21.8 Å². The Morgan fingerprint density at radius 3 is 2.62 bits per heavy atom. The fraction of sp³-hybridized carbons (Fsp3) is 0.231. The van der Waals surface area contributed by atoms with E-state index in [0.717, 1.165) is 9.13 Å². The topological polar surface area (TPSA) is 115 Å². The molecule has 3 rings (SSSR count). The van der Waals surface area contributed by atoms with Gasteiger partial charge in [-0.3, -0.25) is 4.79 Å². The summed E-state index contributed by atoms with van der Waals surface area (Å²) in [6, 6.07) is 14.8. The number of hydrogen-bond donors (Lipinski definition) is 1. The number of nitrogens with zero attached hydrogens (tertiary/aromatic N) is 3. The Kier molecular flexibility index (Phi) is 10.5. The van der Waals surface area contributed by atoms with E-state index in [1.54, 1.807) is 38.3 Å². The molecule has 0 fully saturated rings. The summed E-state index contributed by atoms with van der Waals surface area (Å²) in [5.41, 5.74) is 5.56. The van der Waals surface area contributed by atoms with Gasteiger partial charge in [0.05, 0.1) is 23.5 Å². The smallest absolute Gasteiger partial charge is 0.278 e. The van der Waals surface area contributed by atoms with Gasteiger partial charge < -0.3 is 18.9 Å². The molecule has 0 atom stereocenters. The summed E-state index contributed by atoms with van der Waals surface area (Å²) in [6.07, 6.45) is 1.48. The maximum atomic E-state index is 12.2. The number of hydrogen-bond acceptors (Lipinski definition) is 8. The van der Waals surface area contributed by atoms with E-state index in [4.69, 9.17) is 30.5 Å². The van der Waals surface area contributed by atoms with Crippen LogP contribution in [0.1, 0.15) is 27.9 Å². The molecule has 11 heteroatoms. The lowest BCUT2D eigenvalue weighted by Crippen LogP contribution is -2.25. The normalized spacial score (nSPS) is 10.7. The third kappa shape index (κ3) is 8.04. The van der Waals surface area contributed by atoms with Crippen LogP contribution < -0.4 is 19.6 Å². The molecule has 1 heterocycles. The molecule has 3 aromatic rings. The molecule has 0 saturated carbocycles. The quantitative estimate of drug-likeness (QED) is 0.183. The first-order valence-electron chi connectivity index (χ1n) is 10.9. The van der Waals surface area contributed by atoms with Crippen molar-refractivity contribution in [3.8, 4) is 23.4 Å². The first kappa shape index (κ1) is 28.2. The van der Waals surface area contributed by atoms with Crippen molar-refractivity contribution in [2.45, 2.75) is 20.1 Å². The SMILES string of the molecule is COCc1cc(C)nc(OCC(=O)N/N=C\c2cc(I)c(OCc3ccc(Cl)cc3)c(OC)c2)c1C#N. The van der Waals surface area contributed by atoms with Crippen LogP contribution >= 0.6 is 34.2 Å². The average Bonchev–Trinajstić information content (AvgIpc) is 2.87. The number of nitriles is 1. The van der Waals surface area contributed by atoms with Crippen LogP contribution in [0.3, 0.4) is 0 Å². The zero-order chi connectivity index (χ0) is 26.8. The summed E-state index contributed by atoms with van der Waals surface area (Å²) in [5.74, 6) is 0.682. The summed E-state index contributed by atoms with van der Waals surface area (Å²) < 4.78 is 22.9. The Hall–Kier alpha value is -3.40. The molecule has 0 aliphatic heterocycles. The lowest BCUT2D eigenvalue weighted by atomic mass is 10.1. The molecule has 1 amide bonds. The summed E-state index contributed by atoms with van der Waals surface area (Å²) in [5, 5.41) is 14.1. The van der Waals surface area contributed by atoms with E-state index in [-0.39, 0.29) is 24.7 Å². The van der Waals surface area contributed by atoms with Crippen molar-refractivity contribution >= 4 is 46.3 Å². The van der Waals surface area contributed by atoms with Gasteiger partial charge in [-0.2, -0.15) is 10.4 Å². The number of rotatable bonds is 11. The van der Waals surface area contributed by atoms with Crippen molar-refractivity contribution in [2.24, 2.45) is 5.10 Å². The van der Waals surface area contributed by atoms with E-state index >= 15 is 0 Å². The molecular formula is C26H24ClIN4O5. The highest BCUT2D eigenvalue weighted by molar-refractivity contribution is 14.1. The fourth-order valence-electron chi connectivity index (χ4n) is 3.24. The fourth-order valence-corrected chi connectivity index (χ4v) is 4.15. The van der Waals surface area contributed by atoms with Gasteiger partial charge in [-0.1, -0.05) is 23.7 Å². The van der Waals surface area contributed by atoms with E-state index < -0.39 is 5.91 Å². The summed E-state index contributed by atoms with van der Waals surface area (Å²) in [4.78, 5) is 16.5. The van der Waals surface area contributed by atoms with Gasteiger partial charge >= 0.3 is 0 Å². The van der Waals surface area contributed by atoms with Gasteiger partial charge in [-0.05, 0) is 71.0 Å². The van der Waals surface area contributed by atoms with Crippen LogP contribution in [0.5, 0.6) is 17.4 Å². The number of aryl methyl sites for hydroxylation is 1.